The first-order valence-corrected chi connectivity index (χ1v) is 4.99. The molecular weight excluding hydrogens is 246 g/mol. The number of carbonyl (C=O) groups is 1. The van der Waals surface area contributed by atoms with Crippen molar-refractivity contribution in [3.05, 3.63) is 35.1 Å². The first-order chi connectivity index (χ1) is 8.13. The van der Waals surface area contributed by atoms with Crippen molar-refractivity contribution in [3.8, 4) is 11.4 Å². The maximum absolute atomic E-state index is 11.0. The van der Waals surface area contributed by atoms with E-state index < -0.39 is 5.97 Å². The normalized spacial score (nSPS) is 10.2. The Labute approximate surface area is 101 Å². The Bertz CT molecular complexity index is 568. The molecular formula is C10H8ClN3O3. The monoisotopic (exact) mass is 253 g/mol. The first-order valence-electron chi connectivity index (χ1n) is 4.61. The minimum atomic E-state index is -1.13. The molecule has 2 rings (SSSR count). The highest BCUT2D eigenvalue weighted by Crippen LogP contribution is 2.26. The summed E-state index contributed by atoms with van der Waals surface area (Å²) in [7, 11) is 1.48. The van der Waals surface area contributed by atoms with Gasteiger partial charge in [0.15, 0.2) is 5.69 Å². The molecule has 0 spiro atoms. The quantitative estimate of drug-likeness (QED) is 0.900. The van der Waals surface area contributed by atoms with Crippen molar-refractivity contribution in [3.63, 3.8) is 0 Å². The molecule has 0 saturated heterocycles. The number of nitrogens with zero attached hydrogens (tertiary/aromatic N) is 3. The van der Waals surface area contributed by atoms with Crippen LogP contribution in [0.1, 0.15) is 10.5 Å². The summed E-state index contributed by atoms with van der Waals surface area (Å²) < 4.78 is 6.28. The van der Waals surface area contributed by atoms with E-state index in [4.69, 9.17) is 21.4 Å². The van der Waals surface area contributed by atoms with E-state index in [0.29, 0.717) is 16.5 Å². The van der Waals surface area contributed by atoms with Gasteiger partial charge in [-0.25, -0.2) is 9.48 Å². The van der Waals surface area contributed by atoms with Crippen molar-refractivity contribution in [2.75, 3.05) is 7.11 Å². The molecule has 0 unspecified atom stereocenters. The van der Waals surface area contributed by atoms with E-state index in [-0.39, 0.29) is 5.69 Å². The van der Waals surface area contributed by atoms with Crippen molar-refractivity contribution in [2.45, 2.75) is 0 Å². The molecule has 0 aliphatic carbocycles. The molecule has 0 radical (unpaired) electrons. The molecule has 1 aromatic heterocycles. The minimum absolute atomic E-state index is 0.0643. The number of hydrogen-bond acceptors (Lipinski definition) is 4. The van der Waals surface area contributed by atoms with E-state index in [1.165, 1.54) is 7.11 Å². The average Bonchev–Trinajstić information content (AvgIpc) is 2.77. The molecule has 0 aliphatic rings. The Kier molecular flexibility index (Phi) is 2.97. The summed E-state index contributed by atoms with van der Waals surface area (Å²) in [6.07, 6.45) is 1.16. The molecule has 0 bridgehead atoms. The molecule has 0 aliphatic heterocycles. The molecule has 1 N–H and O–H groups in total. The predicted molar refractivity (Wildman–Crippen MR) is 59.9 cm³/mol. The lowest BCUT2D eigenvalue weighted by atomic mass is 10.3. The number of carboxylic acids is 1. The van der Waals surface area contributed by atoms with Gasteiger partial charge < -0.3 is 9.84 Å². The van der Waals surface area contributed by atoms with Gasteiger partial charge in [-0.15, -0.1) is 5.10 Å². The third-order valence-electron chi connectivity index (χ3n) is 2.14. The van der Waals surface area contributed by atoms with E-state index in [1.807, 2.05) is 0 Å². The molecule has 0 saturated carbocycles. The number of aromatic carboxylic acids is 1. The standard InChI is InChI=1S/C10H8ClN3O3/c1-17-9-3-2-6(11)4-7(9)14-8(10(15)16)5-12-13-14/h2-5H,1H3,(H,15,16). The Balaban J connectivity index is 2.63. The largest absolute Gasteiger partial charge is 0.494 e. The van der Waals surface area contributed by atoms with Crippen molar-refractivity contribution in [2.24, 2.45) is 0 Å². The highest BCUT2D eigenvalue weighted by Gasteiger charge is 2.16. The van der Waals surface area contributed by atoms with Gasteiger partial charge in [0, 0.05) is 5.02 Å². The topological polar surface area (TPSA) is 77.2 Å². The van der Waals surface area contributed by atoms with Crippen molar-refractivity contribution in [1.29, 1.82) is 0 Å². The second-order valence-corrected chi connectivity index (χ2v) is 3.59. The van der Waals surface area contributed by atoms with Crippen molar-refractivity contribution in [1.82, 2.24) is 15.0 Å². The molecule has 7 heteroatoms. The molecule has 6 nitrogen and oxygen atoms in total. The first kappa shape index (κ1) is 11.4. The maximum atomic E-state index is 11.0. The molecule has 0 atom stereocenters. The van der Waals surface area contributed by atoms with Gasteiger partial charge in [-0.3, -0.25) is 0 Å². The van der Waals surface area contributed by atoms with Crippen LogP contribution in [0.4, 0.5) is 0 Å². The van der Waals surface area contributed by atoms with Crippen molar-refractivity contribution >= 4 is 17.6 Å². The Morgan fingerprint density at radius 1 is 1.53 bits per heavy atom. The molecule has 0 fully saturated rings. The number of halogens is 1. The average molecular weight is 254 g/mol. The number of carboxylic acid groups (broad SMARTS) is 1. The number of hydrogen-bond donors (Lipinski definition) is 1. The van der Waals surface area contributed by atoms with Gasteiger partial charge >= 0.3 is 5.97 Å². The van der Waals surface area contributed by atoms with Crippen molar-refractivity contribution < 1.29 is 14.6 Å². The smallest absolute Gasteiger partial charge is 0.356 e. The lowest BCUT2D eigenvalue weighted by Gasteiger charge is -2.09. The van der Waals surface area contributed by atoms with E-state index in [0.717, 1.165) is 10.9 Å². The van der Waals surface area contributed by atoms with Crippen LogP contribution in [0.3, 0.4) is 0 Å². The molecule has 2 aromatic rings. The molecule has 88 valence electrons. The summed E-state index contributed by atoms with van der Waals surface area (Å²) in [5, 5.41) is 16.7. The molecule has 17 heavy (non-hydrogen) atoms. The number of rotatable bonds is 3. The number of benzene rings is 1. The van der Waals surface area contributed by atoms with Crippen LogP contribution in [0.15, 0.2) is 24.4 Å². The summed E-state index contributed by atoms with van der Waals surface area (Å²) >= 11 is 5.86. The predicted octanol–water partition coefficient (Wildman–Crippen LogP) is 1.63. The number of ether oxygens (including phenoxy) is 1. The summed E-state index contributed by atoms with van der Waals surface area (Å²) in [4.78, 5) is 11.0. The van der Waals surface area contributed by atoms with Gasteiger partial charge in [0.2, 0.25) is 0 Å². The fourth-order valence-electron chi connectivity index (χ4n) is 1.39. The van der Waals surface area contributed by atoms with E-state index in [1.54, 1.807) is 18.2 Å². The third-order valence-corrected chi connectivity index (χ3v) is 2.37. The van der Waals surface area contributed by atoms with Gasteiger partial charge in [-0.2, -0.15) is 0 Å². The van der Waals surface area contributed by atoms with Gasteiger partial charge in [0.25, 0.3) is 0 Å². The zero-order chi connectivity index (χ0) is 12.4. The van der Waals surface area contributed by atoms with Crippen LogP contribution in [0.2, 0.25) is 5.02 Å². The van der Waals surface area contributed by atoms with Crippen LogP contribution in [0.5, 0.6) is 5.75 Å². The van der Waals surface area contributed by atoms with Gasteiger partial charge in [-0.05, 0) is 18.2 Å². The SMILES string of the molecule is COc1ccc(Cl)cc1-n1nncc1C(=O)O. The maximum Gasteiger partial charge on any atom is 0.356 e. The minimum Gasteiger partial charge on any atom is -0.494 e. The van der Waals surface area contributed by atoms with Crippen LogP contribution in [-0.2, 0) is 0 Å². The van der Waals surface area contributed by atoms with Crippen LogP contribution in [0.25, 0.3) is 5.69 Å². The van der Waals surface area contributed by atoms with Crippen LogP contribution in [0, 0.1) is 0 Å². The Hall–Kier alpha value is -2.08. The van der Waals surface area contributed by atoms with E-state index >= 15 is 0 Å². The third kappa shape index (κ3) is 2.07. The van der Waals surface area contributed by atoms with Crippen LogP contribution >= 0.6 is 11.6 Å². The summed E-state index contributed by atoms with van der Waals surface area (Å²) in [6.45, 7) is 0. The summed E-state index contributed by atoms with van der Waals surface area (Å²) in [5.74, 6) is -0.667. The second kappa shape index (κ2) is 4.42. The summed E-state index contributed by atoms with van der Waals surface area (Å²) in [5.41, 5.74) is 0.362. The number of aromatic nitrogens is 3. The number of methoxy groups -OCH3 is 1. The fraction of sp³-hybridized carbons (Fsp3) is 0.100. The van der Waals surface area contributed by atoms with Crippen LogP contribution in [-0.4, -0.2) is 33.2 Å². The zero-order valence-corrected chi connectivity index (χ0v) is 9.55. The van der Waals surface area contributed by atoms with E-state index in [2.05, 4.69) is 10.3 Å². The Morgan fingerprint density at radius 3 is 2.94 bits per heavy atom. The second-order valence-electron chi connectivity index (χ2n) is 3.15. The van der Waals surface area contributed by atoms with Gasteiger partial charge in [-0.1, -0.05) is 16.8 Å². The molecule has 1 aromatic carbocycles. The van der Waals surface area contributed by atoms with Gasteiger partial charge in [0.05, 0.1) is 13.3 Å². The van der Waals surface area contributed by atoms with Crippen LogP contribution < -0.4 is 4.74 Å². The Morgan fingerprint density at radius 2 is 2.29 bits per heavy atom. The molecule has 0 amide bonds. The van der Waals surface area contributed by atoms with E-state index in [9.17, 15) is 4.79 Å². The molecule has 1 heterocycles. The fourth-order valence-corrected chi connectivity index (χ4v) is 1.55. The zero-order valence-electron chi connectivity index (χ0n) is 8.79. The lowest BCUT2D eigenvalue weighted by molar-refractivity contribution is 0.0687. The highest BCUT2D eigenvalue weighted by molar-refractivity contribution is 6.30. The highest BCUT2D eigenvalue weighted by atomic mass is 35.5. The summed E-state index contributed by atoms with van der Waals surface area (Å²) in [6, 6.07) is 4.83. The van der Waals surface area contributed by atoms with Gasteiger partial charge in [0.1, 0.15) is 11.4 Å². The lowest BCUT2D eigenvalue weighted by Crippen LogP contribution is -2.09.